The Balaban J connectivity index is 2.03. The fourth-order valence-electron chi connectivity index (χ4n) is 2.36. The molecule has 0 bridgehead atoms. The molecule has 1 atom stereocenters. The number of hydrogen-bond acceptors (Lipinski definition) is 3. The zero-order chi connectivity index (χ0) is 14.7. The Kier molecular flexibility index (Phi) is 4.39. The first-order valence-corrected chi connectivity index (χ1v) is 8.07. The molecule has 3 rings (SSSR count). The summed E-state index contributed by atoms with van der Waals surface area (Å²) in [6.45, 7) is 2.98. The SMILES string of the molecule is CCNC(c1ccc(Cl)s1)c1ccnn1-c1ccccc1. The highest BCUT2D eigenvalue weighted by atomic mass is 35.5. The Morgan fingerprint density at radius 3 is 2.67 bits per heavy atom. The molecule has 0 amide bonds. The highest BCUT2D eigenvalue weighted by molar-refractivity contribution is 7.16. The molecule has 108 valence electrons. The second kappa shape index (κ2) is 6.43. The van der Waals surface area contributed by atoms with E-state index in [1.54, 1.807) is 11.3 Å². The zero-order valence-electron chi connectivity index (χ0n) is 11.7. The molecule has 0 saturated carbocycles. The lowest BCUT2D eigenvalue weighted by atomic mass is 10.1. The van der Waals surface area contributed by atoms with Gasteiger partial charge in [0.1, 0.15) is 0 Å². The Morgan fingerprint density at radius 1 is 1.19 bits per heavy atom. The lowest BCUT2D eigenvalue weighted by Gasteiger charge is -2.18. The van der Waals surface area contributed by atoms with Gasteiger partial charge in [0.15, 0.2) is 0 Å². The number of thiophene rings is 1. The van der Waals surface area contributed by atoms with E-state index >= 15 is 0 Å². The third kappa shape index (κ3) is 3.02. The molecule has 3 nitrogen and oxygen atoms in total. The highest BCUT2D eigenvalue weighted by Gasteiger charge is 2.19. The van der Waals surface area contributed by atoms with Crippen molar-refractivity contribution in [2.45, 2.75) is 13.0 Å². The molecule has 2 heterocycles. The molecule has 0 aliphatic heterocycles. The van der Waals surface area contributed by atoms with Gasteiger partial charge in [-0.3, -0.25) is 0 Å². The van der Waals surface area contributed by atoms with Crippen LogP contribution in [0.5, 0.6) is 0 Å². The highest BCUT2D eigenvalue weighted by Crippen LogP contribution is 2.31. The summed E-state index contributed by atoms with van der Waals surface area (Å²) in [5, 5.41) is 7.99. The quantitative estimate of drug-likeness (QED) is 0.761. The summed E-state index contributed by atoms with van der Waals surface area (Å²) >= 11 is 7.69. The van der Waals surface area contributed by atoms with Gasteiger partial charge in [-0.1, -0.05) is 36.7 Å². The second-order valence-corrected chi connectivity index (χ2v) is 6.38. The van der Waals surface area contributed by atoms with Crippen LogP contribution in [0, 0.1) is 0 Å². The third-order valence-electron chi connectivity index (χ3n) is 3.26. The fraction of sp³-hybridized carbons (Fsp3) is 0.188. The van der Waals surface area contributed by atoms with Crippen molar-refractivity contribution in [2.24, 2.45) is 0 Å². The average molecular weight is 318 g/mol. The largest absolute Gasteiger partial charge is 0.305 e. The van der Waals surface area contributed by atoms with Gasteiger partial charge in [0, 0.05) is 11.1 Å². The normalized spacial score (nSPS) is 12.5. The first-order valence-electron chi connectivity index (χ1n) is 6.87. The van der Waals surface area contributed by atoms with Crippen LogP contribution in [0.25, 0.3) is 5.69 Å². The van der Waals surface area contributed by atoms with Crippen LogP contribution in [0.15, 0.2) is 54.7 Å². The molecular weight excluding hydrogens is 302 g/mol. The maximum absolute atomic E-state index is 6.09. The van der Waals surface area contributed by atoms with Crippen LogP contribution >= 0.6 is 22.9 Å². The second-order valence-electron chi connectivity index (χ2n) is 4.64. The predicted molar refractivity (Wildman–Crippen MR) is 88.4 cm³/mol. The van der Waals surface area contributed by atoms with Crippen LogP contribution in [0.1, 0.15) is 23.5 Å². The molecular formula is C16H16ClN3S. The van der Waals surface area contributed by atoms with E-state index in [0.29, 0.717) is 0 Å². The zero-order valence-corrected chi connectivity index (χ0v) is 13.2. The minimum Gasteiger partial charge on any atom is -0.305 e. The maximum atomic E-state index is 6.09. The number of nitrogens with zero attached hydrogens (tertiary/aromatic N) is 2. The lowest BCUT2D eigenvalue weighted by molar-refractivity contribution is 0.601. The van der Waals surface area contributed by atoms with Gasteiger partial charge >= 0.3 is 0 Å². The summed E-state index contributed by atoms with van der Waals surface area (Å²) in [6, 6.07) is 16.3. The van der Waals surface area contributed by atoms with Gasteiger partial charge in [-0.05, 0) is 36.9 Å². The van der Waals surface area contributed by atoms with Crippen molar-refractivity contribution < 1.29 is 0 Å². The van der Waals surface area contributed by atoms with Crippen molar-refractivity contribution in [2.75, 3.05) is 6.54 Å². The molecule has 0 aliphatic rings. The monoisotopic (exact) mass is 317 g/mol. The van der Waals surface area contributed by atoms with E-state index in [4.69, 9.17) is 11.6 Å². The summed E-state index contributed by atoms with van der Waals surface area (Å²) < 4.78 is 2.78. The summed E-state index contributed by atoms with van der Waals surface area (Å²) in [5.74, 6) is 0. The van der Waals surface area contributed by atoms with Crippen LogP contribution in [-0.2, 0) is 0 Å². The molecule has 1 aromatic carbocycles. The minimum absolute atomic E-state index is 0.0928. The maximum Gasteiger partial charge on any atom is 0.0931 e. The summed E-state index contributed by atoms with van der Waals surface area (Å²) in [6.07, 6.45) is 1.84. The van der Waals surface area contributed by atoms with Crippen LogP contribution < -0.4 is 5.32 Å². The first kappa shape index (κ1) is 14.3. The van der Waals surface area contributed by atoms with Gasteiger partial charge in [0.05, 0.1) is 21.8 Å². The number of aromatic nitrogens is 2. The van der Waals surface area contributed by atoms with Crippen molar-refractivity contribution in [1.82, 2.24) is 15.1 Å². The van der Waals surface area contributed by atoms with Crippen LogP contribution in [0.3, 0.4) is 0 Å². The van der Waals surface area contributed by atoms with E-state index in [9.17, 15) is 0 Å². The minimum atomic E-state index is 0.0928. The van der Waals surface area contributed by atoms with Crippen molar-refractivity contribution >= 4 is 22.9 Å². The van der Waals surface area contributed by atoms with Gasteiger partial charge < -0.3 is 5.32 Å². The molecule has 5 heteroatoms. The fourth-order valence-corrected chi connectivity index (χ4v) is 3.51. The molecule has 0 spiro atoms. The molecule has 0 radical (unpaired) electrons. The topological polar surface area (TPSA) is 29.9 Å². The number of halogens is 1. The Labute approximate surface area is 133 Å². The predicted octanol–water partition coefficient (Wildman–Crippen LogP) is 4.29. The van der Waals surface area contributed by atoms with Gasteiger partial charge in [-0.15, -0.1) is 11.3 Å². The number of nitrogens with one attached hydrogen (secondary N) is 1. The smallest absolute Gasteiger partial charge is 0.0931 e. The summed E-state index contributed by atoms with van der Waals surface area (Å²) in [7, 11) is 0. The van der Waals surface area contributed by atoms with Crippen molar-refractivity contribution in [3.8, 4) is 5.69 Å². The van der Waals surface area contributed by atoms with Gasteiger partial charge in [0.2, 0.25) is 0 Å². The van der Waals surface area contributed by atoms with Crippen LogP contribution in [-0.4, -0.2) is 16.3 Å². The van der Waals surface area contributed by atoms with Gasteiger partial charge in [0.25, 0.3) is 0 Å². The van der Waals surface area contributed by atoms with Crippen LogP contribution in [0.2, 0.25) is 4.34 Å². The molecule has 1 unspecified atom stereocenters. The average Bonchev–Trinajstić information content (AvgIpc) is 3.15. The van der Waals surface area contributed by atoms with Gasteiger partial charge in [-0.25, -0.2) is 4.68 Å². The molecule has 0 fully saturated rings. The Hall–Kier alpha value is -1.62. The molecule has 21 heavy (non-hydrogen) atoms. The molecule has 2 aromatic heterocycles. The molecule has 1 N–H and O–H groups in total. The number of para-hydroxylation sites is 1. The number of benzene rings is 1. The van der Waals surface area contributed by atoms with E-state index in [2.05, 4.69) is 35.5 Å². The lowest BCUT2D eigenvalue weighted by Crippen LogP contribution is -2.23. The number of rotatable bonds is 5. The molecule has 0 saturated heterocycles. The Morgan fingerprint density at radius 2 is 2.00 bits per heavy atom. The van der Waals surface area contributed by atoms with Gasteiger partial charge in [-0.2, -0.15) is 5.10 Å². The van der Waals surface area contributed by atoms with Crippen molar-refractivity contribution in [3.63, 3.8) is 0 Å². The van der Waals surface area contributed by atoms with E-state index in [-0.39, 0.29) is 6.04 Å². The summed E-state index contributed by atoms with van der Waals surface area (Å²) in [5.41, 5.74) is 2.17. The number of hydrogen-bond donors (Lipinski definition) is 1. The van der Waals surface area contributed by atoms with E-state index < -0.39 is 0 Å². The van der Waals surface area contributed by atoms with E-state index in [0.717, 1.165) is 22.3 Å². The Bertz CT molecular complexity index is 705. The van der Waals surface area contributed by atoms with E-state index in [1.807, 2.05) is 41.2 Å². The summed E-state index contributed by atoms with van der Waals surface area (Å²) in [4.78, 5) is 1.19. The van der Waals surface area contributed by atoms with Crippen LogP contribution in [0.4, 0.5) is 0 Å². The molecule has 3 aromatic rings. The standard InChI is InChI=1S/C16H16ClN3S/c1-2-18-16(14-8-9-15(17)21-14)13-10-11-19-20(13)12-6-4-3-5-7-12/h3-11,16,18H,2H2,1H3. The van der Waals surface area contributed by atoms with Crippen molar-refractivity contribution in [3.05, 3.63) is 69.6 Å². The third-order valence-corrected chi connectivity index (χ3v) is 4.55. The van der Waals surface area contributed by atoms with E-state index in [1.165, 1.54) is 4.88 Å². The van der Waals surface area contributed by atoms with Crippen molar-refractivity contribution in [1.29, 1.82) is 0 Å². The molecule has 0 aliphatic carbocycles. The first-order chi connectivity index (χ1) is 10.3.